The van der Waals surface area contributed by atoms with E-state index in [1.165, 1.54) is 6.92 Å². The maximum atomic E-state index is 11.4. The third-order valence-electron chi connectivity index (χ3n) is 3.52. The second kappa shape index (κ2) is 4.55. The van der Waals surface area contributed by atoms with E-state index < -0.39 is 15.9 Å². The molecule has 2 saturated heterocycles. The van der Waals surface area contributed by atoms with Crippen molar-refractivity contribution in [3.63, 3.8) is 0 Å². The smallest absolute Gasteiger partial charge is 0.219 e. The number of sulfone groups is 1. The van der Waals surface area contributed by atoms with Crippen LogP contribution in [0.4, 0.5) is 0 Å². The van der Waals surface area contributed by atoms with Crippen molar-refractivity contribution in [1.29, 1.82) is 0 Å². The molecule has 6 nitrogen and oxygen atoms in total. The van der Waals surface area contributed by atoms with Crippen molar-refractivity contribution in [2.45, 2.75) is 19.1 Å². The molecule has 0 radical (unpaired) electrons. The molecule has 98 valence electrons. The number of hydrogen-bond acceptors (Lipinski definition) is 5. The van der Waals surface area contributed by atoms with Gasteiger partial charge in [-0.05, 0) is 0 Å². The third-order valence-corrected chi connectivity index (χ3v) is 5.22. The quantitative estimate of drug-likeness (QED) is 0.610. The van der Waals surface area contributed by atoms with Gasteiger partial charge in [-0.2, -0.15) is 0 Å². The van der Waals surface area contributed by atoms with Gasteiger partial charge in [-0.15, -0.1) is 0 Å². The largest absolute Gasteiger partial charge is 0.390 e. The highest BCUT2D eigenvalue weighted by atomic mass is 32.2. The minimum atomic E-state index is -3.10. The van der Waals surface area contributed by atoms with E-state index in [-0.39, 0.29) is 23.5 Å². The predicted molar refractivity (Wildman–Crippen MR) is 62.3 cm³/mol. The number of aliphatic hydroxyl groups is 1. The molecule has 2 aliphatic rings. The highest BCUT2D eigenvalue weighted by Crippen LogP contribution is 2.19. The van der Waals surface area contributed by atoms with Gasteiger partial charge in [0, 0.05) is 33.1 Å². The lowest BCUT2D eigenvalue weighted by Gasteiger charge is -2.38. The van der Waals surface area contributed by atoms with Crippen molar-refractivity contribution in [3.8, 4) is 0 Å². The summed E-state index contributed by atoms with van der Waals surface area (Å²) in [5, 5.41) is 9.75. The Morgan fingerprint density at radius 1 is 1.18 bits per heavy atom. The van der Waals surface area contributed by atoms with Gasteiger partial charge in [0.25, 0.3) is 0 Å². The molecule has 2 aliphatic heterocycles. The van der Waals surface area contributed by atoms with Crippen LogP contribution in [0.25, 0.3) is 0 Å². The lowest BCUT2D eigenvalue weighted by atomic mass is 10.1. The maximum absolute atomic E-state index is 11.4. The molecule has 1 amide bonds. The highest BCUT2D eigenvalue weighted by Gasteiger charge is 2.40. The molecule has 1 N–H and O–H groups in total. The standard InChI is InChI=1S/C10H18N2O4S/c1-8(13)11-2-4-12(5-3-11)9-6-17(15,16)7-10(9)14/h9-10,14H,2-7H2,1H3/t9-,10-/m1/s1. The van der Waals surface area contributed by atoms with E-state index in [1.807, 2.05) is 4.90 Å². The summed E-state index contributed by atoms with van der Waals surface area (Å²) in [7, 11) is -3.10. The van der Waals surface area contributed by atoms with Crippen molar-refractivity contribution >= 4 is 15.7 Å². The molecule has 17 heavy (non-hydrogen) atoms. The first-order valence-electron chi connectivity index (χ1n) is 5.77. The van der Waals surface area contributed by atoms with Crippen LogP contribution in [0.5, 0.6) is 0 Å². The molecule has 0 aromatic rings. The Bertz CT molecular complexity index is 401. The SMILES string of the molecule is CC(=O)N1CCN([C@@H]2CS(=O)(=O)C[C@H]2O)CC1. The summed E-state index contributed by atoms with van der Waals surface area (Å²) in [5.41, 5.74) is 0. The number of amides is 1. The maximum Gasteiger partial charge on any atom is 0.219 e. The van der Waals surface area contributed by atoms with E-state index in [4.69, 9.17) is 0 Å². The number of carbonyl (C=O) groups is 1. The van der Waals surface area contributed by atoms with Crippen molar-refractivity contribution in [2.24, 2.45) is 0 Å². The van der Waals surface area contributed by atoms with Crippen LogP contribution in [0.1, 0.15) is 6.92 Å². The van der Waals surface area contributed by atoms with E-state index in [1.54, 1.807) is 4.90 Å². The molecule has 0 aliphatic carbocycles. The third kappa shape index (κ3) is 2.78. The second-order valence-electron chi connectivity index (χ2n) is 4.75. The number of carbonyl (C=O) groups excluding carboxylic acids is 1. The Morgan fingerprint density at radius 2 is 1.76 bits per heavy atom. The molecular weight excluding hydrogens is 244 g/mol. The lowest BCUT2D eigenvalue weighted by molar-refractivity contribution is -0.131. The van der Waals surface area contributed by atoms with Crippen LogP contribution >= 0.6 is 0 Å². The number of hydrogen-bond donors (Lipinski definition) is 1. The Kier molecular flexibility index (Phi) is 3.42. The van der Waals surface area contributed by atoms with Gasteiger partial charge < -0.3 is 10.0 Å². The van der Waals surface area contributed by atoms with Crippen LogP contribution in [-0.2, 0) is 14.6 Å². The average Bonchev–Trinajstić information content (AvgIpc) is 2.52. The van der Waals surface area contributed by atoms with E-state index in [0.717, 1.165) is 0 Å². The molecule has 2 fully saturated rings. The zero-order valence-corrected chi connectivity index (χ0v) is 10.7. The predicted octanol–water partition coefficient (Wildman–Crippen LogP) is -1.69. The Hall–Kier alpha value is -0.660. The molecule has 2 rings (SSSR count). The monoisotopic (exact) mass is 262 g/mol. The molecular formula is C10H18N2O4S. The molecule has 0 aromatic heterocycles. The molecule has 7 heteroatoms. The summed E-state index contributed by atoms with van der Waals surface area (Å²) in [6, 6.07) is -0.297. The minimum absolute atomic E-state index is 0.0360. The fourth-order valence-corrected chi connectivity index (χ4v) is 4.36. The van der Waals surface area contributed by atoms with E-state index >= 15 is 0 Å². The van der Waals surface area contributed by atoms with Gasteiger partial charge >= 0.3 is 0 Å². The van der Waals surface area contributed by atoms with Gasteiger partial charge in [-0.1, -0.05) is 0 Å². The Balaban J connectivity index is 1.96. The summed E-state index contributed by atoms with van der Waals surface area (Å²) >= 11 is 0. The number of aliphatic hydroxyl groups excluding tert-OH is 1. The highest BCUT2D eigenvalue weighted by molar-refractivity contribution is 7.91. The van der Waals surface area contributed by atoms with Crippen LogP contribution in [0.15, 0.2) is 0 Å². The van der Waals surface area contributed by atoms with Crippen LogP contribution in [-0.4, -0.2) is 79.1 Å². The topological polar surface area (TPSA) is 77.9 Å². The van der Waals surface area contributed by atoms with Crippen LogP contribution in [0.2, 0.25) is 0 Å². The van der Waals surface area contributed by atoms with E-state index in [2.05, 4.69) is 0 Å². The van der Waals surface area contributed by atoms with E-state index in [9.17, 15) is 18.3 Å². The molecule has 0 bridgehead atoms. The second-order valence-corrected chi connectivity index (χ2v) is 6.91. The van der Waals surface area contributed by atoms with Crippen molar-refractivity contribution in [2.75, 3.05) is 37.7 Å². The molecule has 0 aromatic carbocycles. The fourth-order valence-electron chi connectivity index (χ4n) is 2.53. The first-order chi connectivity index (χ1) is 7.89. The first-order valence-corrected chi connectivity index (χ1v) is 7.59. The molecule has 2 atom stereocenters. The van der Waals surface area contributed by atoms with Crippen molar-refractivity contribution in [3.05, 3.63) is 0 Å². The molecule has 0 spiro atoms. The zero-order valence-electron chi connectivity index (χ0n) is 9.87. The van der Waals surface area contributed by atoms with Crippen LogP contribution in [0.3, 0.4) is 0 Å². The van der Waals surface area contributed by atoms with Gasteiger partial charge in [-0.25, -0.2) is 8.42 Å². The summed E-state index contributed by atoms with van der Waals surface area (Å²) in [6.07, 6.45) is -0.788. The van der Waals surface area contributed by atoms with E-state index in [0.29, 0.717) is 26.2 Å². The van der Waals surface area contributed by atoms with Crippen molar-refractivity contribution < 1.29 is 18.3 Å². The summed E-state index contributed by atoms with van der Waals surface area (Å²) in [5.74, 6) is -0.0528. The Labute approximate surface area is 101 Å². The average molecular weight is 262 g/mol. The molecule has 0 saturated carbocycles. The van der Waals surface area contributed by atoms with Gasteiger partial charge in [0.15, 0.2) is 9.84 Å². The number of rotatable bonds is 1. The molecule has 2 heterocycles. The number of piperazine rings is 1. The normalized spacial score (nSPS) is 33.9. The lowest BCUT2D eigenvalue weighted by Crippen LogP contribution is -2.54. The zero-order chi connectivity index (χ0) is 12.6. The van der Waals surface area contributed by atoms with Gasteiger partial charge in [-0.3, -0.25) is 9.69 Å². The minimum Gasteiger partial charge on any atom is -0.390 e. The molecule has 0 unspecified atom stereocenters. The van der Waals surface area contributed by atoms with Crippen LogP contribution < -0.4 is 0 Å². The van der Waals surface area contributed by atoms with Gasteiger partial charge in [0.1, 0.15) is 0 Å². The summed E-state index contributed by atoms with van der Waals surface area (Å²) in [6.45, 7) is 4.02. The van der Waals surface area contributed by atoms with Gasteiger partial charge in [0.2, 0.25) is 5.91 Å². The first kappa shape index (κ1) is 12.8. The Morgan fingerprint density at radius 3 is 2.18 bits per heavy atom. The van der Waals surface area contributed by atoms with Crippen LogP contribution in [0, 0.1) is 0 Å². The van der Waals surface area contributed by atoms with Crippen molar-refractivity contribution in [1.82, 2.24) is 9.80 Å². The van der Waals surface area contributed by atoms with Gasteiger partial charge in [0.05, 0.1) is 23.7 Å². The number of nitrogens with zero attached hydrogens (tertiary/aromatic N) is 2. The summed E-state index contributed by atoms with van der Waals surface area (Å²) < 4.78 is 22.8. The summed E-state index contributed by atoms with van der Waals surface area (Å²) in [4.78, 5) is 14.9. The fraction of sp³-hybridized carbons (Fsp3) is 0.900.